The molecule has 0 saturated heterocycles. The molecule has 0 radical (unpaired) electrons. The maximum atomic E-state index is 11.8. The lowest BCUT2D eigenvalue weighted by Crippen LogP contribution is -2.45. The summed E-state index contributed by atoms with van der Waals surface area (Å²) in [5, 5.41) is 15.5. The molecular weight excluding hydrogens is 330 g/mol. The quantitative estimate of drug-likeness (QED) is 0.455. The zero-order valence-electron chi connectivity index (χ0n) is 14.5. The third-order valence-corrected chi connectivity index (χ3v) is 3.09. The van der Waals surface area contributed by atoms with Crippen LogP contribution < -0.4 is 10.6 Å². The zero-order chi connectivity index (χ0) is 19.2. The molecular formula is C16H21N3O6. The van der Waals surface area contributed by atoms with Crippen LogP contribution in [0.25, 0.3) is 0 Å². The van der Waals surface area contributed by atoms with E-state index in [0.717, 1.165) is 0 Å². The number of non-ortho nitro benzene ring substituents is 1. The van der Waals surface area contributed by atoms with Crippen molar-refractivity contribution in [2.75, 3.05) is 11.9 Å². The Morgan fingerprint density at radius 2 is 1.76 bits per heavy atom. The minimum Gasteiger partial charge on any atom is -0.454 e. The highest BCUT2D eigenvalue weighted by atomic mass is 16.6. The Labute approximate surface area is 144 Å². The Balaban J connectivity index is 2.46. The largest absolute Gasteiger partial charge is 0.454 e. The van der Waals surface area contributed by atoms with E-state index in [0.29, 0.717) is 5.69 Å². The van der Waals surface area contributed by atoms with Crippen LogP contribution in [0.2, 0.25) is 0 Å². The van der Waals surface area contributed by atoms with E-state index in [9.17, 15) is 24.5 Å². The predicted molar refractivity (Wildman–Crippen MR) is 89.7 cm³/mol. The van der Waals surface area contributed by atoms with Gasteiger partial charge in [0.15, 0.2) is 6.61 Å². The van der Waals surface area contributed by atoms with Crippen LogP contribution in [-0.4, -0.2) is 35.4 Å². The molecule has 0 aliphatic heterocycles. The molecule has 0 aliphatic rings. The first-order chi connectivity index (χ1) is 11.5. The van der Waals surface area contributed by atoms with Gasteiger partial charge in [-0.25, -0.2) is 4.79 Å². The molecule has 2 amide bonds. The number of esters is 1. The van der Waals surface area contributed by atoms with Crippen molar-refractivity contribution in [3.8, 4) is 0 Å². The summed E-state index contributed by atoms with van der Waals surface area (Å²) in [6.45, 7) is 6.04. The molecule has 136 valence electrons. The molecule has 1 aromatic carbocycles. The highest BCUT2D eigenvalue weighted by molar-refractivity contribution is 5.93. The van der Waals surface area contributed by atoms with Crippen LogP contribution >= 0.6 is 0 Å². The number of nitro groups is 1. The summed E-state index contributed by atoms with van der Waals surface area (Å²) in [6.07, 6.45) is 0. The van der Waals surface area contributed by atoms with Crippen LogP contribution in [0.15, 0.2) is 24.3 Å². The molecule has 25 heavy (non-hydrogen) atoms. The SMILES string of the molecule is CC(NC(=O)C(C)(C)C)C(=O)OCC(=O)Nc1ccc([N+](=O)[O-])cc1. The predicted octanol–water partition coefficient (Wildman–Crippen LogP) is 1.63. The molecule has 0 heterocycles. The molecule has 1 unspecified atom stereocenters. The highest BCUT2D eigenvalue weighted by Crippen LogP contribution is 2.15. The molecule has 2 N–H and O–H groups in total. The van der Waals surface area contributed by atoms with Crippen LogP contribution in [-0.2, 0) is 19.1 Å². The van der Waals surface area contributed by atoms with Crippen LogP contribution in [0.4, 0.5) is 11.4 Å². The van der Waals surface area contributed by atoms with Crippen LogP contribution in [0.5, 0.6) is 0 Å². The van der Waals surface area contributed by atoms with Crippen LogP contribution in [0.1, 0.15) is 27.7 Å². The van der Waals surface area contributed by atoms with Gasteiger partial charge in [-0.1, -0.05) is 20.8 Å². The lowest BCUT2D eigenvalue weighted by Gasteiger charge is -2.20. The number of rotatable bonds is 6. The number of hydrogen-bond donors (Lipinski definition) is 2. The average Bonchev–Trinajstić information content (AvgIpc) is 2.52. The van der Waals surface area contributed by atoms with E-state index in [-0.39, 0.29) is 11.6 Å². The second-order valence-corrected chi connectivity index (χ2v) is 6.41. The Morgan fingerprint density at radius 3 is 2.24 bits per heavy atom. The number of amides is 2. The van der Waals surface area contributed by atoms with E-state index in [1.165, 1.54) is 31.2 Å². The topological polar surface area (TPSA) is 128 Å². The number of hydrogen-bond acceptors (Lipinski definition) is 6. The maximum Gasteiger partial charge on any atom is 0.328 e. The van der Waals surface area contributed by atoms with Gasteiger partial charge in [-0.2, -0.15) is 0 Å². The number of carbonyl (C=O) groups is 3. The molecule has 0 saturated carbocycles. The summed E-state index contributed by atoms with van der Waals surface area (Å²) in [4.78, 5) is 45.3. The number of carbonyl (C=O) groups excluding carboxylic acids is 3. The number of ether oxygens (including phenoxy) is 1. The van der Waals surface area contributed by atoms with Gasteiger partial charge in [-0.3, -0.25) is 19.7 Å². The number of nitro benzene ring substituents is 1. The molecule has 1 aromatic rings. The highest BCUT2D eigenvalue weighted by Gasteiger charge is 2.26. The third-order valence-electron chi connectivity index (χ3n) is 3.09. The Kier molecular flexibility index (Phi) is 6.60. The van der Waals surface area contributed by atoms with Gasteiger partial charge < -0.3 is 15.4 Å². The van der Waals surface area contributed by atoms with Crippen molar-refractivity contribution in [2.24, 2.45) is 5.41 Å². The number of benzene rings is 1. The number of nitrogens with zero attached hydrogens (tertiary/aromatic N) is 1. The normalized spacial score (nSPS) is 12.0. The fourth-order valence-corrected chi connectivity index (χ4v) is 1.60. The lowest BCUT2D eigenvalue weighted by atomic mass is 9.95. The number of anilines is 1. The van der Waals surface area contributed by atoms with Crippen molar-refractivity contribution >= 4 is 29.2 Å². The van der Waals surface area contributed by atoms with Gasteiger partial charge in [-0.15, -0.1) is 0 Å². The fourth-order valence-electron chi connectivity index (χ4n) is 1.60. The summed E-state index contributed by atoms with van der Waals surface area (Å²) in [5.74, 6) is -1.65. The molecule has 0 spiro atoms. The summed E-state index contributed by atoms with van der Waals surface area (Å²) >= 11 is 0. The van der Waals surface area contributed by atoms with Gasteiger partial charge in [0.2, 0.25) is 5.91 Å². The summed E-state index contributed by atoms with van der Waals surface area (Å²) in [7, 11) is 0. The minimum absolute atomic E-state index is 0.104. The summed E-state index contributed by atoms with van der Waals surface area (Å²) in [6, 6.07) is 4.32. The van der Waals surface area contributed by atoms with Crippen molar-refractivity contribution in [1.29, 1.82) is 0 Å². The lowest BCUT2D eigenvalue weighted by molar-refractivity contribution is -0.384. The van der Waals surface area contributed by atoms with E-state index in [1.807, 2.05) is 0 Å². The van der Waals surface area contributed by atoms with Crippen molar-refractivity contribution in [3.63, 3.8) is 0 Å². The van der Waals surface area contributed by atoms with E-state index < -0.39 is 34.9 Å². The van der Waals surface area contributed by atoms with Gasteiger partial charge in [0.1, 0.15) is 6.04 Å². The van der Waals surface area contributed by atoms with Crippen molar-refractivity contribution in [3.05, 3.63) is 34.4 Å². The van der Waals surface area contributed by atoms with E-state index >= 15 is 0 Å². The molecule has 0 aromatic heterocycles. The first-order valence-electron chi connectivity index (χ1n) is 7.52. The van der Waals surface area contributed by atoms with Crippen molar-refractivity contribution in [1.82, 2.24) is 5.32 Å². The Morgan fingerprint density at radius 1 is 1.20 bits per heavy atom. The Bertz CT molecular complexity index is 663. The molecule has 1 rings (SSSR count). The first-order valence-corrected chi connectivity index (χ1v) is 7.52. The van der Waals surface area contributed by atoms with Gasteiger partial charge in [0.05, 0.1) is 4.92 Å². The molecule has 9 heteroatoms. The molecule has 9 nitrogen and oxygen atoms in total. The minimum atomic E-state index is -0.890. The summed E-state index contributed by atoms with van der Waals surface area (Å²) in [5.41, 5.74) is -0.421. The maximum absolute atomic E-state index is 11.8. The van der Waals surface area contributed by atoms with E-state index in [4.69, 9.17) is 4.74 Å². The average molecular weight is 351 g/mol. The first kappa shape index (κ1) is 20.1. The molecule has 0 bridgehead atoms. The fraction of sp³-hybridized carbons (Fsp3) is 0.438. The second-order valence-electron chi connectivity index (χ2n) is 6.41. The second kappa shape index (κ2) is 8.22. The third kappa shape index (κ3) is 6.58. The zero-order valence-corrected chi connectivity index (χ0v) is 14.5. The van der Waals surface area contributed by atoms with Gasteiger partial charge in [0, 0.05) is 23.2 Å². The van der Waals surface area contributed by atoms with E-state index in [2.05, 4.69) is 10.6 Å². The summed E-state index contributed by atoms with van der Waals surface area (Å²) < 4.78 is 4.84. The molecule has 0 fully saturated rings. The number of nitrogens with one attached hydrogen (secondary N) is 2. The van der Waals surface area contributed by atoms with Gasteiger partial charge in [-0.05, 0) is 19.1 Å². The molecule has 0 aliphatic carbocycles. The standard InChI is InChI=1S/C16H21N3O6/c1-10(17-15(22)16(2,3)4)14(21)25-9-13(20)18-11-5-7-12(8-6-11)19(23)24/h5-8,10H,9H2,1-4H3,(H,17,22)(H,18,20). The van der Waals surface area contributed by atoms with Crippen LogP contribution in [0, 0.1) is 15.5 Å². The smallest absolute Gasteiger partial charge is 0.328 e. The molecule has 1 atom stereocenters. The Hall–Kier alpha value is -2.97. The monoisotopic (exact) mass is 351 g/mol. The van der Waals surface area contributed by atoms with Gasteiger partial charge >= 0.3 is 5.97 Å². The van der Waals surface area contributed by atoms with Gasteiger partial charge in [0.25, 0.3) is 11.6 Å². The van der Waals surface area contributed by atoms with E-state index in [1.54, 1.807) is 20.8 Å². The van der Waals surface area contributed by atoms with Crippen LogP contribution in [0.3, 0.4) is 0 Å². The van der Waals surface area contributed by atoms with Crippen molar-refractivity contribution < 1.29 is 24.0 Å². The van der Waals surface area contributed by atoms with Crippen molar-refractivity contribution in [2.45, 2.75) is 33.7 Å².